The Morgan fingerprint density at radius 2 is 1.63 bits per heavy atom. The van der Waals surface area contributed by atoms with Crippen molar-refractivity contribution in [1.82, 2.24) is 10.6 Å². The number of hydrogen-bond donors (Lipinski definition) is 2. The Labute approximate surface area is 208 Å². The molecule has 35 heavy (non-hydrogen) atoms. The minimum absolute atomic E-state index is 0.0448. The van der Waals surface area contributed by atoms with Crippen LogP contribution in [0.3, 0.4) is 0 Å². The van der Waals surface area contributed by atoms with Crippen molar-refractivity contribution in [1.29, 1.82) is 0 Å². The van der Waals surface area contributed by atoms with Crippen LogP contribution in [-0.2, 0) is 25.3 Å². The second-order valence-electron chi connectivity index (χ2n) is 10.9. The van der Waals surface area contributed by atoms with E-state index in [1.807, 2.05) is 30.3 Å². The minimum Gasteiger partial charge on any atom is -0.444 e. The van der Waals surface area contributed by atoms with Crippen molar-refractivity contribution < 1.29 is 23.5 Å². The Morgan fingerprint density at radius 1 is 1.03 bits per heavy atom. The number of carbonyl (C=O) groups excluding carboxylic acids is 2. The highest BCUT2D eigenvalue weighted by Crippen LogP contribution is 2.36. The normalized spacial score (nSPS) is 16.1. The van der Waals surface area contributed by atoms with Gasteiger partial charge in [0.15, 0.2) is 8.32 Å². The van der Waals surface area contributed by atoms with Gasteiger partial charge in [-0.15, -0.1) is 10.2 Å². The lowest BCUT2D eigenvalue weighted by Crippen LogP contribution is -2.58. The molecule has 12 heteroatoms. The van der Waals surface area contributed by atoms with E-state index in [2.05, 4.69) is 65.2 Å². The molecule has 0 aliphatic carbocycles. The van der Waals surface area contributed by atoms with Gasteiger partial charge in [0, 0.05) is 0 Å². The highest BCUT2D eigenvalue weighted by molar-refractivity contribution is 6.74. The smallest absolute Gasteiger partial charge is 0.408 e. The molecule has 2 rings (SSSR count). The van der Waals surface area contributed by atoms with Crippen LogP contribution in [0.5, 0.6) is 0 Å². The van der Waals surface area contributed by atoms with Crippen molar-refractivity contribution in [2.24, 2.45) is 20.7 Å². The molecule has 1 aliphatic heterocycles. The Bertz CT molecular complexity index is 913. The number of benzene rings is 1. The van der Waals surface area contributed by atoms with Gasteiger partial charge in [-0.3, -0.25) is 4.79 Å². The van der Waals surface area contributed by atoms with Gasteiger partial charge in [0.1, 0.15) is 18.2 Å². The fourth-order valence-electron chi connectivity index (χ4n) is 2.66. The van der Waals surface area contributed by atoms with E-state index in [-0.39, 0.29) is 24.9 Å². The summed E-state index contributed by atoms with van der Waals surface area (Å²) >= 11 is 0. The predicted octanol–water partition coefficient (Wildman–Crippen LogP) is 4.72. The predicted molar refractivity (Wildman–Crippen MR) is 133 cm³/mol. The SMILES string of the molecule is CC(C)(C)OC(=O)N[C@@H](CO[Si](C)(C)C(C)(C)C)C(=O)NC1(COCc2ccccc2)N=NN=N1. The van der Waals surface area contributed by atoms with Gasteiger partial charge in [0.2, 0.25) is 5.91 Å². The third-order valence-corrected chi connectivity index (χ3v) is 10.1. The summed E-state index contributed by atoms with van der Waals surface area (Å²) in [7, 11) is -2.21. The molecule has 2 amide bonds. The van der Waals surface area contributed by atoms with Crippen LogP contribution in [0.4, 0.5) is 4.79 Å². The summed E-state index contributed by atoms with van der Waals surface area (Å²) in [6.45, 7) is 15.8. The number of carbonyl (C=O) groups is 2. The van der Waals surface area contributed by atoms with Crippen molar-refractivity contribution in [3.05, 3.63) is 35.9 Å². The number of rotatable bonds is 10. The molecule has 0 unspecified atom stereocenters. The number of nitrogens with one attached hydrogen (secondary N) is 2. The monoisotopic (exact) mass is 506 g/mol. The van der Waals surface area contributed by atoms with Crippen LogP contribution in [0.1, 0.15) is 47.1 Å². The van der Waals surface area contributed by atoms with Crippen molar-refractivity contribution in [3.8, 4) is 0 Å². The maximum absolute atomic E-state index is 13.3. The van der Waals surface area contributed by atoms with Crippen LogP contribution in [0.2, 0.25) is 18.1 Å². The zero-order valence-electron chi connectivity index (χ0n) is 21.9. The second-order valence-corrected chi connectivity index (χ2v) is 15.7. The highest BCUT2D eigenvalue weighted by atomic mass is 28.4. The first-order chi connectivity index (χ1) is 16.1. The zero-order valence-corrected chi connectivity index (χ0v) is 22.9. The Morgan fingerprint density at radius 3 is 2.17 bits per heavy atom. The van der Waals surface area contributed by atoms with E-state index in [0.29, 0.717) is 0 Å². The van der Waals surface area contributed by atoms with Gasteiger partial charge < -0.3 is 24.5 Å². The number of hydrogen-bond acceptors (Lipinski definition) is 9. The number of amides is 2. The summed E-state index contributed by atoms with van der Waals surface area (Å²) < 4.78 is 17.3. The molecule has 0 bridgehead atoms. The highest BCUT2D eigenvalue weighted by Gasteiger charge is 2.41. The second kappa shape index (κ2) is 11.4. The molecule has 2 N–H and O–H groups in total. The van der Waals surface area contributed by atoms with Gasteiger partial charge in [0.05, 0.1) is 13.2 Å². The first-order valence-electron chi connectivity index (χ1n) is 11.5. The van der Waals surface area contributed by atoms with Crippen molar-refractivity contribution >= 4 is 20.3 Å². The number of alkyl carbamates (subject to hydrolysis) is 1. The lowest BCUT2D eigenvalue weighted by molar-refractivity contribution is -0.126. The topological polar surface area (TPSA) is 135 Å². The Kier molecular flexibility index (Phi) is 9.26. The van der Waals surface area contributed by atoms with E-state index in [4.69, 9.17) is 13.9 Å². The molecule has 11 nitrogen and oxygen atoms in total. The van der Waals surface area contributed by atoms with Crippen LogP contribution in [-0.4, -0.2) is 51.0 Å². The molecule has 0 fully saturated rings. The van der Waals surface area contributed by atoms with Gasteiger partial charge in [-0.2, -0.15) is 0 Å². The van der Waals surface area contributed by atoms with E-state index in [0.717, 1.165) is 5.56 Å². The molecule has 0 spiro atoms. The molecular weight excluding hydrogens is 468 g/mol. The maximum atomic E-state index is 13.3. The molecular formula is C23H38N6O5Si. The molecule has 0 saturated heterocycles. The average Bonchev–Trinajstić information content (AvgIpc) is 3.18. The fraction of sp³-hybridized carbons (Fsp3) is 0.652. The van der Waals surface area contributed by atoms with E-state index in [1.54, 1.807) is 20.8 Å². The van der Waals surface area contributed by atoms with Gasteiger partial charge >= 0.3 is 6.09 Å². The van der Waals surface area contributed by atoms with Gasteiger partial charge in [-0.1, -0.05) is 51.1 Å². The van der Waals surface area contributed by atoms with Crippen molar-refractivity contribution in [2.45, 2.75) is 83.7 Å². The molecule has 0 aromatic heterocycles. The number of ether oxygens (including phenoxy) is 2. The summed E-state index contributed by atoms with van der Waals surface area (Å²) in [5, 5.41) is 20.3. The standard InChI is InChI=1S/C23H38N6O5Si/c1-21(2,3)34-20(31)24-18(15-33-35(7,8)22(4,5)6)19(30)25-23(26-28-29-27-23)16-32-14-17-12-10-9-11-13-17/h9-13,18H,14-16H2,1-8H3,(H,24,31)(H,25,30)/t18-/m0/s1. The number of nitrogens with zero attached hydrogens (tertiary/aromatic N) is 4. The molecule has 1 aromatic carbocycles. The third-order valence-electron chi connectivity index (χ3n) is 5.62. The van der Waals surface area contributed by atoms with E-state index in [9.17, 15) is 9.59 Å². The summed E-state index contributed by atoms with van der Waals surface area (Å²) in [4.78, 5) is 25.8. The van der Waals surface area contributed by atoms with E-state index >= 15 is 0 Å². The van der Waals surface area contributed by atoms with Crippen LogP contribution in [0.15, 0.2) is 51.0 Å². The molecule has 1 atom stereocenters. The van der Waals surface area contributed by atoms with Crippen LogP contribution >= 0.6 is 0 Å². The molecule has 1 aromatic rings. The largest absolute Gasteiger partial charge is 0.444 e. The third kappa shape index (κ3) is 9.11. The minimum atomic E-state index is -2.21. The Balaban J connectivity index is 2.12. The van der Waals surface area contributed by atoms with Crippen LogP contribution < -0.4 is 10.6 Å². The Hall–Kier alpha value is -2.70. The first kappa shape index (κ1) is 28.5. The summed E-state index contributed by atoms with van der Waals surface area (Å²) in [5.74, 6) is -2.10. The van der Waals surface area contributed by atoms with Gasteiger partial charge in [0.25, 0.3) is 5.79 Å². The first-order valence-corrected chi connectivity index (χ1v) is 14.4. The average molecular weight is 507 g/mol. The fourth-order valence-corrected chi connectivity index (χ4v) is 3.68. The van der Waals surface area contributed by atoms with Crippen LogP contribution in [0.25, 0.3) is 0 Å². The molecule has 1 aliphatic rings. The quantitative estimate of drug-likeness (QED) is 0.443. The van der Waals surface area contributed by atoms with E-state index in [1.165, 1.54) is 0 Å². The van der Waals surface area contributed by atoms with Gasteiger partial charge in [-0.25, -0.2) is 4.79 Å². The van der Waals surface area contributed by atoms with E-state index < -0.39 is 37.7 Å². The van der Waals surface area contributed by atoms with Crippen LogP contribution in [0, 0.1) is 0 Å². The summed E-state index contributed by atoms with van der Waals surface area (Å²) in [6, 6.07) is 8.50. The zero-order chi connectivity index (χ0) is 26.3. The van der Waals surface area contributed by atoms with Crippen molar-refractivity contribution in [3.63, 3.8) is 0 Å². The lowest BCUT2D eigenvalue weighted by Gasteiger charge is -2.37. The summed E-state index contributed by atoms with van der Waals surface area (Å²) in [6.07, 6.45) is -0.736. The van der Waals surface area contributed by atoms with Crippen molar-refractivity contribution in [2.75, 3.05) is 13.2 Å². The molecule has 194 valence electrons. The molecule has 0 saturated carbocycles. The van der Waals surface area contributed by atoms with Gasteiger partial charge in [-0.05, 0) is 54.9 Å². The lowest BCUT2D eigenvalue weighted by atomic mass is 10.2. The maximum Gasteiger partial charge on any atom is 0.408 e. The molecule has 0 radical (unpaired) electrons. The molecule has 1 heterocycles. The summed E-state index contributed by atoms with van der Waals surface area (Å²) in [5.41, 5.74) is 0.222.